The highest BCUT2D eigenvalue weighted by molar-refractivity contribution is 7.90. The van der Waals surface area contributed by atoms with Gasteiger partial charge in [0.05, 0.1) is 4.90 Å². The lowest BCUT2D eigenvalue weighted by Crippen LogP contribution is -2.30. The van der Waals surface area contributed by atoms with Gasteiger partial charge >= 0.3 is 0 Å². The Morgan fingerprint density at radius 3 is 2.52 bits per heavy atom. The van der Waals surface area contributed by atoms with Crippen molar-refractivity contribution in [3.8, 4) is 0 Å². The summed E-state index contributed by atoms with van der Waals surface area (Å²) in [5.74, 6) is -0.154. The van der Waals surface area contributed by atoms with Crippen molar-refractivity contribution in [3.05, 3.63) is 53.5 Å². The van der Waals surface area contributed by atoms with Gasteiger partial charge in [0, 0.05) is 6.54 Å². The number of likely N-dealkylation sites (tertiary alicyclic amines) is 1. The maximum atomic E-state index is 12.6. The minimum atomic E-state index is -3.52. The highest BCUT2D eigenvalue weighted by Gasteiger charge is 2.20. The molecule has 1 aliphatic heterocycles. The number of rotatable bonds is 8. The number of amides is 1. The minimum Gasteiger partial charge on any atom is -0.455 e. The van der Waals surface area contributed by atoms with Gasteiger partial charge in [-0.1, -0.05) is 31.0 Å². The third kappa shape index (κ3) is 6.18. The largest absolute Gasteiger partial charge is 0.455 e. The predicted octanol–water partition coefficient (Wildman–Crippen LogP) is 3.56. The molecule has 1 saturated heterocycles. The molecule has 1 fully saturated rings. The Kier molecular flexibility index (Phi) is 7.50. The molecule has 1 N–H and O–H groups in total. The summed E-state index contributed by atoms with van der Waals surface area (Å²) in [5, 5.41) is 2.86. The van der Waals surface area contributed by atoms with Gasteiger partial charge in [-0.05, 0) is 69.6 Å². The number of nitrogens with one attached hydrogen (secondary N) is 1. The summed E-state index contributed by atoms with van der Waals surface area (Å²) in [7, 11) is -3.52. The highest BCUT2D eigenvalue weighted by Crippen LogP contribution is 2.21. The van der Waals surface area contributed by atoms with Gasteiger partial charge in [-0.15, -0.1) is 0 Å². The van der Waals surface area contributed by atoms with Crippen LogP contribution in [0, 0.1) is 6.92 Å². The Bertz CT molecular complexity index is 912. The summed E-state index contributed by atoms with van der Waals surface area (Å²) < 4.78 is 30.7. The first kappa shape index (κ1) is 21.6. The summed E-state index contributed by atoms with van der Waals surface area (Å²) in [5.41, 5.74) is 0.696. The smallest absolute Gasteiger partial charge is 0.286 e. The Hall–Kier alpha value is -2.12. The molecule has 0 spiro atoms. The SMILES string of the molecule is Cc1ccccc1S(=O)(=O)Cc1ccc(C(=O)NCCCN2CCCCCC2)o1. The van der Waals surface area contributed by atoms with Crippen molar-refractivity contribution in [2.24, 2.45) is 0 Å². The molecule has 1 aromatic heterocycles. The van der Waals surface area contributed by atoms with E-state index in [1.807, 2.05) is 0 Å². The maximum absolute atomic E-state index is 12.6. The van der Waals surface area contributed by atoms with Crippen molar-refractivity contribution >= 4 is 15.7 Å². The maximum Gasteiger partial charge on any atom is 0.286 e. The van der Waals surface area contributed by atoms with E-state index in [9.17, 15) is 13.2 Å². The van der Waals surface area contributed by atoms with E-state index in [1.54, 1.807) is 37.3 Å². The first-order valence-electron chi connectivity index (χ1n) is 10.3. The Morgan fingerprint density at radius 1 is 1.07 bits per heavy atom. The van der Waals surface area contributed by atoms with Crippen LogP contribution in [-0.2, 0) is 15.6 Å². The van der Waals surface area contributed by atoms with Crippen molar-refractivity contribution < 1.29 is 17.6 Å². The standard InChI is InChI=1S/C22H30N2O4S/c1-18-9-4-5-10-21(18)29(26,27)17-19-11-12-20(28-19)22(25)23-13-8-16-24-14-6-2-3-7-15-24/h4-5,9-12H,2-3,6-8,13-17H2,1H3,(H,23,25). The van der Waals surface area contributed by atoms with Gasteiger partial charge in [0.15, 0.2) is 15.6 Å². The molecule has 1 aromatic carbocycles. The van der Waals surface area contributed by atoms with E-state index < -0.39 is 9.84 Å². The molecule has 0 radical (unpaired) electrons. The molecular weight excluding hydrogens is 388 g/mol. The molecular formula is C22H30N2O4S. The predicted molar refractivity (Wildman–Crippen MR) is 113 cm³/mol. The second kappa shape index (κ2) is 10.1. The van der Waals surface area contributed by atoms with Crippen LogP contribution in [-0.4, -0.2) is 45.4 Å². The van der Waals surface area contributed by atoms with E-state index in [0.717, 1.165) is 26.1 Å². The number of benzene rings is 1. The highest BCUT2D eigenvalue weighted by atomic mass is 32.2. The topological polar surface area (TPSA) is 79.6 Å². The fourth-order valence-corrected chi connectivity index (χ4v) is 5.23. The average molecular weight is 419 g/mol. The van der Waals surface area contributed by atoms with Crippen LogP contribution in [0.25, 0.3) is 0 Å². The van der Waals surface area contributed by atoms with Gasteiger partial charge in [-0.2, -0.15) is 0 Å². The molecule has 0 saturated carbocycles. The quantitative estimate of drug-likeness (QED) is 0.663. The number of carbonyl (C=O) groups is 1. The number of nitrogens with zero attached hydrogens (tertiary/aromatic N) is 1. The van der Waals surface area contributed by atoms with Crippen LogP contribution in [0.15, 0.2) is 45.7 Å². The molecule has 29 heavy (non-hydrogen) atoms. The van der Waals surface area contributed by atoms with Gasteiger partial charge in [-0.3, -0.25) is 4.79 Å². The monoisotopic (exact) mass is 418 g/mol. The Labute approximate surface area is 173 Å². The first-order valence-corrected chi connectivity index (χ1v) is 12.0. The second-order valence-electron chi connectivity index (χ2n) is 7.66. The molecule has 0 bridgehead atoms. The minimum absolute atomic E-state index is 0.148. The van der Waals surface area contributed by atoms with Crippen molar-refractivity contribution in [1.82, 2.24) is 10.2 Å². The molecule has 3 rings (SSSR count). The molecule has 6 nitrogen and oxygen atoms in total. The van der Waals surface area contributed by atoms with Crippen LogP contribution < -0.4 is 5.32 Å². The summed E-state index contributed by atoms with van der Waals surface area (Å²) in [6.45, 7) is 5.61. The normalized spacial score (nSPS) is 15.8. The number of hydrogen-bond donors (Lipinski definition) is 1. The van der Waals surface area contributed by atoms with Crippen LogP contribution in [0.5, 0.6) is 0 Å². The second-order valence-corrected chi connectivity index (χ2v) is 9.61. The van der Waals surface area contributed by atoms with Crippen molar-refractivity contribution in [1.29, 1.82) is 0 Å². The number of furan rings is 1. The molecule has 1 aliphatic rings. The van der Waals surface area contributed by atoms with Gasteiger partial charge in [-0.25, -0.2) is 8.42 Å². The first-order chi connectivity index (χ1) is 14.0. The lowest BCUT2D eigenvalue weighted by atomic mass is 10.2. The molecule has 7 heteroatoms. The zero-order valence-corrected chi connectivity index (χ0v) is 17.8. The van der Waals surface area contributed by atoms with E-state index in [4.69, 9.17) is 4.42 Å². The summed E-state index contributed by atoms with van der Waals surface area (Å²) in [6, 6.07) is 9.95. The Balaban J connectivity index is 1.49. The fourth-order valence-electron chi connectivity index (χ4n) is 3.70. The third-order valence-corrected chi connectivity index (χ3v) is 7.07. The number of sulfone groups is 1. The molecule has 158 valence electrons. The molecule has 0 atom stereocenters. The lowest BCUT2D eigenvalue weighted by molar-refractivity contribution is 0.0922. The lowest BCUT2D eigenvalue weighted by Gasteiger charge is -2.19. The van der Waals surface area contributed by atoms with E-state index in [2.05, 4.69) is 10.2 Å². The van der Waals surface area contributed by atoms with E-state index in [0.29, 0.717) is 12.1 Å². The summed E-state index contributed by atoms with van der Waals surface area (Å²) >= 11 is 0. The van der Waals surface area contributed by atoms with E-state index in [1.165, 1.54) is 31.7 Å². The summed E-state index contributed by atoms with van der Waals surface area (Å²) in [6.07, 6.45) is 6.03. The van der Waals surface area contributed by atoms with Crippen LogP contribution in [0.1, 0.15) is 54.0 Å². The zero-order chi connectivity index (χ0) is 20.7. The van der Waals surface area contributed by atoms with Crippen LogP contribution in [0.3, 0.4) is 0 Å². The van der Waals surface area contributed by atoms with Crippen LogP contribution in [0.2, 0.25) is 0 Å². The average Bonchev–Trinajstić information content (AvgIpc) is 2.99. The third-order valence-electron chi connectivity index (χ3n) is 5.28. The van der Waals surface area contributed by atoms with Crippen molar-refractivity contribution in [2.45, 2.75) is 49.7 Å². The number of hydrogen-bond acceptors (Lipinski definition) is 5. The van der Waals surface area contributed by atoms with Gasteiger partial charge in [0.1, 0.15) is 11.5 Å². The molecule has 0 unspecified atom stereocenters. The van der Waals surface area contributed by atoms with Gasteiger partial charge in [0.25, 0.3) is 5.91 Å². The van der Waals surface area contributed by atoms with Crippen molar-refractivity contribution in [3.63, 3.8) is 0 Å². The van der Waals surface area contributed by atoms with Gasteiger partial charge < -0.3 is 14.6 Å². The summed E-state index contributed by atoms with van der Waals surface area (Å²) in [4.78, 5) is 15.0. The fraction of sp³-hybridized carbons (Fsp3) is 0.500. The Morgan fingerprint density at radius 2 is 1.79 bits per heavy atom. The number of aryl methyl sites for hydroxylation is 1. The molecule has 0 aliphatic carbocycles. The molecule has 2 heterocycles. The molecule has 2 aromatic rings. The van der Waals surface area contributed by atoms with E-state index >= 15 is 0 Å². The number of carbonyl (C=O) groups excluding carboxylic acids is 1. The van der Waals surface area contributed by atoms with E-state index in [-0.39, 0.29) is 28.1 Å². The zero-order valence-electron chi connectivity index (χ0n) is 17.0. The van der Waals surface area contributed by atoms with Crippen LogP contribution >= 0.6 is 0 Å². The molecule has 1 amide bonds. The van der Waals surface area contributed by atoms with Gasteiger partial charge in [0.2, 0.25) is 0 Å². The van der Waals surface area contributed by atoms with Crippen LogP contribution in [0.4, 0.5) is 0 Å². The van der Waals surface area contributed by atoms with Crippen molar-refractivity contribution in [2.75, 3.05) is 26.2 Å².